The molecular formula is C27H28F3N3O3S. The number of alkyl halides is 3. The van der Waals surface area contributed by atoms with E-state index in [0.29, 0.717) is 0 Å². The number of amides is 1. The molecule has 1 heterocycles. The SMILES string of the molecule is O=C(Nc1cccc(C(F)(F)F)c1)c1cccc(S(=O)(=O)NCC2CCCN(Cc3ccccc3)C2)c1. The first kappa shape index (κ1) is 26.8. The molecule has 1 amide bonds. The second-order valence-corrected chi connectivity index (χ2v) is 10.9. The van der Waals surface area contributed by atoms with Gasteiger partial charge in [-0.2, -0.15) is 13.2 Å². The average molecular weight is 532 g/mol. The highest BCUT2D eigenvalue weighted by Crippen LogP contribution is 2.30. The van der Waals surface area contributed by atoms with Gasteiger partial charge in [0, 0.05) is 30.9 Å². The van der Waals surface area contributed by atoms with Crippen LogP contribution in [-0.4, -0.2) is 38.9 Å². The molecule has 37 heavy (non-hydrogen) atoms. The molecule has 3 aromatic rings. The lowest BCUT2D eigenvalue weighted by Gasteiger charge is -2.32. The maximum atomic E-state index is 13.0. The number of nitrogens with zero attached hydrogens (tertiary/aromatic N) is 1. The van der Waals surface area contributed by atoms with Gasteiger partial charge in [0.25, 0.3) is 5.91 Å². The average Bonchev–Trinajstić information content (AvgIpc) is 2.88. The van der Waals surface area contributed by atoms with Crippen molar-refractivity contribution in [1.29, 1.82) is 0 Å². The molecule has 1 atom stereocenters. The van der Waals surface area contributed by atoms with Crippen molar-refractivity contribution in [2.75, 3.05) is 25.0 Å². The van der Waals surface area contributed by atoms with Gasteiger partial charge in [0.15, 0.2) is 0 Å². The van der Waals surface area contributed by atoms with Crippen molar-refractivity contribution in [1.82, 2.24) is 9.62 Å². The van der Waals surface area contributed by atoms with Crippen LogP contribution in [0.15, 0.2) is 83.8 Å². The second-order valence-electron chi connectivity index (χ2n) is 9.14. The first-order valence-electron chi connectivity index (χ1n) is 11.9. The Balaban J connectivity index is 1.37. The van der Waals surface area contributed by atoms with Crippen LogP contribution in [0.5, 0.6) is 0 Å². The van der Waals surface area contributed by atoms with Gasteiger partial charge in [-0.15, -0.1) is 0 Å². The monoisotopic (exact) mass is 531 g/mol. The number of benzene rings is 3. The van der Waals surface area contributed by atoms with E-state index in [1.807, 2.05) is 18.2 Å². The van der Waals surface area contributed by atoms with E-state index in [1.54, 1.807) is 0 Å². The molecule has 196 valence electrons. The van der Waals surface area contributed by atoms with Gasteiger partial charge in [0.05, 0.1) is 10.5 Å². The molecular weight excluding hydrogens is 503 g/mol. The highest BCUT2D eigenvalue weighted by molar-refractivity contribution is 7.89. The fourth-order valence-corrected chi connectivity index (χ4v) is 5.56. The van der Waals surface area contributed by atoms with Crippen LogP contribution in [0, 0.1) is 5.92 Å². The van der Waals surface area contributed by atoms with Crippen LogP contribution >= 0.6 is 0 Å². The molecule has 0 aromatic heterocycles. The number of carbonyl (C=O) groups is 1. The molecule has 1 aliphatic rings. The number of halogens is 3. The van der Waals surface area contributed by atoms with Gasteiger partial charge in [0.1, 0.15) is 0 Å². The number of likely N-dealkylation sites (tertiary alicyclic amines) is 1. The molecule has 1 aliphatic heterocycles. The summed E-state index contributed by atoms with van der Waals surface area (Å²) < 4.78 is 67.4. The lowest BCUT2D eigenvalue weighted by Crippen LogP contribution is -2.40. The van der Waals surface area contributed by atoms with E-state index < -0.39 is 27.7 Å². The number of sulfonamides is 1. The summed E-state index contributed by atoms with van der Waals surface area (Å²) in [7, 11) is -3.89. The highest BCUT2D eigenvalue weighted by atomic mass is 32.2. The van der Waals surface area contributed by atoms with Crippen molar-refractivity contribution >= 4 is 21.6 Å². The number of hydrogen-bond donors (Lipinski definition) is 2. The summed E-state index contributed by atoms with van der Waals surface area (Å²) >= 11 is 0. The zero-order valence-corrected chi connectivity index (χ0v) is 20.9. The minimum Gasteiger partial charge on any atom is -0.322 e. The molecule has 0 aliphatic carbocycles. The lowest BCUT2D eigenvalue weighted by atomic mass is 9.98. The van der Waals surface area contributed by atoms with Crippen LogP contribution in [0.4, 0.5) is 18.9 Å². The number of rotatable bonds is 8. The first-order chi connectivity index (χ1) is 17.6. The van der Waals surface area contributed by atoms with Gasteiger partial charge in [-0.3, -0.25) is 9.69 Å². The first-order valence-corrected chi connectivity index (χ1v) is 13.4. The standard InChI is InChI=1S/C27H28F3N3O3S/c28-27(29,30)23-11-5-12-24(16-23)32-26(34)22-10-4-13-25(15-22)37(35,36)31-17-21-9-6-14-33(19-21)18-20-7-2-1-3-8-20/h1-5,7-8,10-13,15-16,21,31H,6,9,14,17-19H2,(H,32,34). The predicted octanol–water partition coefficient (Wildman–Crippen LogP) is 5.15. The molecule has 1 unspecified atom stereocenters. The molecule has 2 N–H and O–H groups in total. The zero-order valence-electron chi connectivity index (χ0n) is 20.0. The highest BCUT2D eigenvalue weighted by Gasteiger charge is 2.30. The summed E-state index contributed by atoms with van der Waals surface area (Å²) in [5.74, 6) is -0.556. The molecule has 1 saturated heterocycles. The van der Waals surface area contributed by atoms with Gasteiger partial charge >= 0.3 is 6.18 Å². The van der Waals surface area contributed by atoms with Crippen LogP contribution in [0.2, 0.25) is 0 Å². The Kier molecular flexibility index (Phi) is 8.31. The van der Waals surface area contributed by atoms with Crippen LogP contribution in [-0.2, 0) is 22.7 Å². The third kappa shape index (κ3) is 7.41. The van der Waals surface area contributed by atoms with E-state index in [0.717, 1.165) is 44.6 Å². The van der Waals surface area contributed by atoms with Crippen LogP contribution in [0.25, 0.3) is 0 Å². The Morgan fingerprint density at radius 1 is 0.973 bits per heavy atom. The Morgan fingerprint density at radius 3 is 2.49 bits per heavy atom. The van der Waals surface area contributed by atoms with E-state index in [1.165, 1.54) is 42.0 Å². The van der Waals surface area contributed by atoms with E-state index in [2.05, 4.69) is 27.1 Å². The topological polar surface area (TPSA) is 78.5 Å². The quantitative estimate of drug-likeness (QED) is 0.422. The van der Waals surface area contributed by atoms with E-state index >= 15 is 0 Å². The van der Waals surface area contributed by atoms with Crippen LogP contribution < -0.4 is 10.0 Å². The number of piperidine rings is 1. The summed E-state index contributed by atoms with van der Waals surface area (Å²) in [6.07, 6.45) is -2.66. The molecule has 3 aromatic carbocycles. The van der Waals surface area contributed by atoms with Crippen molar-refractivity contribution < 1.29 is 26.4 Å². The Bertz CT molecular complexity index is 1330. The number of carbonyl (C=O) groups excluding carboxylic acids is 1. The summed E-state index contributed by atoms with van der Waals surface area (Å²) in [5, 5.41) is 2.40. The maximum absolute atomic E-state index is 13.0. The van der Waals surface area contributed by atoms with Gasteiger partial charge < -0.3 is 5.32 Å². The third-order valence-electron chi connectivity index (χ3n) is 6.27. The van der Waals surface area contributed by atoms with Gasteiger partial charge in [0.2, 0.25) is 10.0 Å². The molecule has 0 bridgehead atoms. The zero-order chi connectivity index (χ0) is 26.5. The van der Waals surface area contributed by atoms with Gasteiger partial charge in [-0.1, -0.05) is 42.5 Å². The summed E-state index contributed by atoms with van der Waals surface area (Å²) in [5.41, 5.74) is 0.301. The minimum atomic E-state index is -4.54. The smallest absolute Gasteiger partial charge is 0.322 e. The maximum Gasteiger partial charge on any atom is 0.416 e. The predicted molar refractivity (Wildman–Crippen MR) is 135 cm³/mol. The Morgan fingerprint density at radius 2 is 1.73 bits per heavy atom. The largest absolute Gasteiger partial charge is 0.416 e. The summed E-state index contributed by atoms with van der Waals surface area (Å²) in [6, 6.07) is 19.8. The number of hydrogen-bond acceptors (Lipinski definition) is 4. The van der Waals surface area contributed by atoms with Gasteiger partial charge in [-0.25, -0.2) is 13.1 Å². The molecule has 0 saturated carbocycles. The Hall–Kier alpha value is -3.21. The lowest BCUT2D eigenvalue weighted by molar-refractivity contribution is -0.137. The van der Waals surface area contributed by atoms with Crippen molar-refractivity contribution in [3.63, 3.8) is 0 Å². The molecule has 0 spiro atoms. The fourth-order valence-electron chi connectivity index (χ4n) is 4.40. The molecule has 10 heteroatoms. The molecule has 0 radical (unpaired) electrons. The van der Waals surface area contributed by atoms with Crippen LogP contribution in [0.3, 0.4) is 0 Å². The summed E-state index contributed by atoms with van der Waals surface area (Å²) in [4.78, 5) is 14.9. The third-order valence-corrected chi connectivity index (χ3v) is 7.69. The van der Waals surface area contributed by atoms with Crippen molar-refractivity contribution in [2.45, 2.75) is 30.5 Å². The molecule has 6 nitrogen and oxygen atoms in total. The molecule has 1 fully saturated rings. The van der Waals surface area contributed by atoms with Crippen molar-refractivity contribution in [2.24, 2.45) is 5.92 Å². The van der Waals surface area contributed by atoms with Crippen LogP contribution in [0.1, 0.15) is 34.3 Å². The minimum absolute atomic E-state index is 0.0204. The normalized spacial score (nSPS) is 16.9. The van der Waals surface area contributed by atoms with E-state index in [9.17, 15) is 26.4 Å². The number of anilines is 1. The fraction of sp³-hybridized carbons (Fsp3) is 0.296. The molecule has 4 rings (SSSR count). The van der Waals surface area contributed by atoms with Crippen molar-refractivity contribution in [3.8, 4) is 0 Å². The second kappa shape index (κ2) is 11.5. The number of nitrogens with one attached hydrogen (secondary N) is 2. The van der Waals surface area contributed by atoms with Crippen molar-refractivity contribution in [3.05, 3.63) is 95.6 Å². The van der Waals surface area contributed by atoms with E-state index in [4.69, 9.17) is 0 Å². The summed E-state index contributed by atoms with van der Waals surface area (Å²) in [6.45, 7) is 2.82. The van der Waals surface area contributed by atoms with Gasteiger partial charge in [-0.05, 0) is 67.3 Å². The Labute approximate surface area is 214 Å². The van der Waals surface area contributed by atoms with E-state index in [-0.39, 0.29) is 28.6 Å².